The molecule has 2 fully saturated rings. The second-order valence-electron chi connectivity index (χ2n) is 11.8. The van der Waals surface area contributed by atoms with E-state index in [0.717, 1.165) is 26.9 Å². The molecule has 294 valence electrons. The van der Waals surface area contributed by atoms with Gasteiger partial charge in [0.25, 0.3) is 0 Å². The molecule has 52 heavy (non-hydrogen) atoms. The van der Waals surface area contributed by atoms with E-state index in [1.54, 1.807) is 30.3 Å². The second-order valence-corrected chi connectivity index (χ2v) is 13.2. The number of methoxy groups -OCH3 is 1. The van der Waals surface area contributed by atoms with Crippen molar-refractivity contribution in [3.05, 3.63) is 30.3 Å². The zero-order valence-corrected chi connectivity index (χ0v) is 29.5. The van der Waals surface area contributed by atoms with Crippen LogP contribution in [0.3, 0.4) is 0 Å². The number of carbonyl (C=O) groups is 4. The highest BCUT2D eigenvalue weighted by Crippen LogP contribution is 2.47. The van der Waals surface area contributed by atoms with E-state index in [1.165, 1.54) is 0 Å². The lowest BCUT2D eigenvalue weighted by Crippen LogP contribution is -2.71. The fourth-order valence-electron chi connectivity index (χ4n) is 5.41. The number of ether oxygens (including phenoxy) is 5. The molecular weight excluding hydrogens is 719 g/mol. The van der Waals surface area contributed by atoms with Crippen LogP contribution >= 0.6 is 7.82 Å². The number of carboxylic acid groups (broad SMARTS) is 1. The zero-order valence-electron chi connectivity index (χ0n) is 28.6. The lowest BCUT2D eigenvalue weighted by Gasteiger charge is -2.48. The van der Waals surface area contributed by atoms with Crippen molar-refractivity contribution >= 4 is 37.3 Å². The summed E-state index contributed by atoms with van der Waals surface area (Å²) in [6.07, 6.45) is -13.9. The van der Waals surface area contributed by atoms with Crippen LogP contribution in [-0.4, -0.2) is 143 Å². The summed E-state index contributed by atoms with van der Waals surface area (Å²) in [6, 6.07) is 3.97. The van der Waals surface area contributed by atoms with Crippen LogP contribution < -0.4 is 21.7 Å². The first-order chi connectivity index (χ1) is 24.6. The SMILES string of the molecule is CCCCCO[C@H](COP(=O)(O)O[C@@H]1O[C@H](C(N)=O)[C@@H](OC)[C@H](NC(=O)Nc2ccccc2)[C@H]1O[C@H]1O[C@H](CO)[C@@H](O)[C@H](O)[C@H]1NC(C)=O)C(=O)O. The normalized spacial score (nSPS) is 30.8. The molecule has 0 aromatic heterocycles. The molecule has 1 unspecified atom stereocenters. The third-order valence-corrected chi connectivity index (χ3v) is 8.90. The Bertz CT molecular complexity index is 1380. The van der Waals surface area contributed by atoms with Crippen molar-refractivity contribution in [1.29, 1.82) is 0 Å². The molecule has 21 nitrogen and oxygen atoms in total. The molecule has 2 aliphatic heterocycles. The first-order valence-corrected chi connectivity index (χ1v) is 17.8. The zero-order chi connectivity index (χ0) is 38.6. The molecule has 4 amide bonds. The first-order valence-electron chi connectivity index (χ1n) is 16.3. The van der Waals surface area contributed by atoms with Crippen molar-refractivity contribution in [3.8, 4) is 0 Å². The van der Waals surface area contributed by atoms with Gasteiger partial charge in [0.15, 0.2) is 24.8 Å². The number of amides is 4. The summed E-state index contributed by atoms with van der Waals surface area (Å²) in [5.41, 5.74) is 5.90. The number of anilines is 1. The predicted octanol–water partition coefficient (Wildman–Crippen LogP) is -1.48. The third-order valence-electron chi connectivity index (χ3n) is 7.95. The van der Waals surface area contributed by atoms with Crippen LogP contribution in [0.1, 0.15) is 33.1 Å². The van der Waals surface area contributed by atoms with E-state index in [2.05, 4.69) is 16.0 Å². The number of benzene rings is 1. The largest absolute Gasteiger partial charge is 0.479 e. The number of aliphatic hydroxyl groups is 3. The third kappa shape index (κ3) is 12.1. The highest BCUT2D eigenvalue weighted by atomic mass is 31.2. The second kappa shape index (κ2) is 20.2. The number of nitrogens with two attached hydrogens (primary N) is 1. The Labute approximate surface area is 298 Å². The number of rotatable bonds is 19. The maximum atomic E-state index is 13.3. The fourth-order valence-corrected chi connectivity index (χ4v) is 6.23. The number of para-hydroxylation sites is 1. The number of nitrogens with one attached hydrogen (secondary N) is 3. The average Bonchev–Trinajstić information content (AvgIpc) is 3.08. The highest BCUT2D eigenvalue weighted by molar-refractivity contribution is 7.47. The van der Waals surface area contributed by atoms with Gasteiger partial charge in [0.1, 0.15) is 36.6 Å². The molecule has 10 N–H and O–H groups in total. The van der Waals surface area contributed by atoms with Crippen molar-refractivity contribution in [2.45, 2.75) is 101 Å². The molecular formula is C30H47N4O17P. The molecule has 12 atom stereocenters. The summed E-state index contributed by atoms with van der Waals surface area (Å²) in [6.45, 7) is 1.19. The predicted molar refractivity (Wildman–Crippen MR) is 175 cm³/mol. The maximum absolute atomic E-state index is 13.3. The lowest BCUT2D eigenvalue weighted by molar-refractivity contribution is -0.326. The van der Waals surface area contributed by atoms with Gasteiger partial charge in [-0.05, 0) is 18.6 Å². The van der Waals surface area contributed by atoms with E-state index >= 15 is 0 Å². The van der Waals surface area contributed by atoms with Gasteiger partial charge in [-0.15, -0.1) is 0 Å². The summed E-state index contributed by atoms with van der Waals surface area (Å²) in [7, 11) is -4.26. The fraction of sp³-hybridized carbons (Fsp3) is 0.667. The first kappa shape index (κ1) is 43.1. The van der Waals surface area contributed by atoms with Gasteiger partial charge in [0, 0.05) is 26.3 Å². The van der Waals surface area contributed by atoms with Crippen molar-refractivity contribution in [2.24, 2.45) is 5.73 Å². The van der Waals surface area contributed by atoms with E-state index in [-0.39, 0.29) is 6.61 Å². The maximum Gasteiger partial charge on any atom is 0.474 e. The summed E-state index contributed by atoms with van der Waals surface area (Å²) in [4.78, 5) is 60.5. The van der Waals surface area contributed by atoms with Gasteiger partial charge in [0.2, 0.25) is 11.8 Å². The molecule has 2 saturated heterocycles. The van der Waals surface area contributed by atoms with Crippen molar-refractivity contribution in [3.63, 3.8) is 0 Å². The molecule has 0 spiro atoms. The Hall–Kier alpha value is -3.31. The summed E-state index contributed by atoms with van der Waals surface area (Å²) in [5, 5.41) is 48.1. The number of urea groups is 1. The van der Waals surface area contributed by atoms with Gasteiger partial charge in [-0.2, -0.15) is 0 Å². The number of aliphatic hydroxyl groups excluding tert-OH is 3. The van der Waals surface area contributed by atoms with E-state index < -0.39 is 112 Å². The number of carbonyl (C=O) groups excluding carboxylic acids is 3. The van der Waals surface area contributed by atoms with Crippen LogP contribution in [0.2, 0.25) is 0 Å². The van der Waals surface area contributed by atoms with Gasteiger partial charge in [-0.1, -0.05) is 38.0 Å². The molecule has 1 aromatic carbocycles. The number of unbranched alkanes of at least 4 members (excludes halogenated alkanes) is 2. The van der Waals surface area contributed by atoms with Gasteiger partial charge in [-0.25, -0.2) is 14.2 Å². The summed E-state index contributed by atoms with van der Waals surface area (Å²) < 4.78 is 51.6. The molecule has 2 heterocycles. The number of primary amides is 1. The van der Waals surface area contributed by atoms with Crippen LogP contribution in [0.5, 0.6) is 0 Å². The van der Waals surface area contributed by atoms with Crippen molar-refractivity contribution < 1.29 is 81.8 Å². The average molecular weight is 767 g/mol. The van der Waals surface area contributed by atoms with E-state index in [9.17, 15) is 49.1 Å². The highest BCUT2D eigenvalue weighted by Gasteiger charge is 2.55. The molecule has 1 aromatic rings. The standard InChI is InChI=1S/C30H47N4O17P/c1-4-5-9-12-46-18(27(40)41)14-47-52(43,44)51-29-24(49-28-19(32-15(2)36)22(38)21(37)17(13-35)48-28)20(23(45-3)25(50-29)26(31)39)34-30(42)33-16-10-7-6-8-11-16/h6-8,10-11,17-25,28-29,35,37-38H,4-5,9,12-14H2,1-3H3,(H2,31,39)(H,32,36)(H,40,41)(H,43,44)(H2,33,34,42)/t17-,18-,19-,20+,21-,22-,23+,24-,25+,28-,29+/m1/s1. The monoisotopic (exact) mass is 766 g/mol. The number of phosphoric acid groups is 1. The molecule has 0 radical (unpaired) electrons. The molecule has 22 heteroatoms. The van der Waals surface area contributed by atoms with E-state index in [0.29, 0.717) is 12.1 Å². The molecule has 2 aliphatic rings. The Morgan fingerprint density at radius 2 is 1.69 bits per heavy atom. The van der Waals surface area contributed by atoms with Crippen LogP contribution in [0, 0.1) is 0 Å². The summed E-state index contributed by atoms with van der Waals surface area (Å²) in [5.74, 6) is -3.41. The van der Waals surface area contributed by atoms with Gasteiger partial charge < -0.3 is 70.7 Å². The smallest absolute Gasteiger partial charge is 0.474 e. The Morgan fingerprint density at radius 3 is 2.27 bits per heavy atom. The van der Waals surface area contributed by atoms with E-state index in [1.807, 2.05) is 6.92 Å². The molecule has 0 bridgehead atoms. The number of aliphatic carboxylic acids is 1. The van der Waals surface area contributed by atoms with Crippen LogP contribution in [0.15, 0.2) is 30.3 Å². The van der Waals surface area contributed by atoms with Crippen LogP contribution in [0.4, 0.5) is 10.5 Å². The van der Waals surface area contributed by atoms with Crippen LogP contribution in [-0.2, 0) is 51.7 Å². The van der Waals surface area contributed by atoms with Crippen molar-refractivity contribution in [2.75, 3.05) is 32.2 Å². The number of hydrogen-bond donors (Lipinski definition) is 9. The minimum absolute atomic E-state index is 0.00966. The molecule has 3 rings (SSSR count). The topological polar surface area (TPSA) is 313 Å². The Balaban J connectivity index is 2.01. The lowest BCUT2D eigenvalue weighted by atomic mass is 9.94. The number of phosphoric ester groups is 1. The molecule has 0 saturated carbocycles. The van der Waals surface area contributed by atoms with Crippen LogP contribution in [0.25, 0.3) is 0 Å². The van der Waals surface area contributed by atoms with Gasteiger partial charge in [0.05, 0.1) is 19.3 Å². The van der Waals surface area contributed by atoms with Crippen molar-refractivity contribution in [1.82, 2.24) is 10.6 Å². The number of hydrogen-bond acceptors (Lipinski definition) is 15. The quantitative estimate of drug-likeness (QED) is 0.0573. The Morgan fingerprint density at radius 1 is 1.00 bits per heavy atom. The van der Waals surface area contributed by atoms with Gasteiger partial charge in [-0.3, -0.25) is 18.6 Å². The summed E-state index contributed by atoms with van der Waals surface area (Å²) >= 11 is 0. The minimum Gasteiger partial charge on any atom is -0.479 e. The molecule has 0 aliphatic carbocycles. The van der Waals surface area contributed by atoms with Gasteiger partial charge >= 0.3 is 19.8 Å². The van der Waals surface area contributed by atoms with E-state index in [4.69, 9.17) is 38.5 Å². The Kier molecular flexibility index (Phi) is 16.8. The number of carboxylic acids is 1. The minimum atomic E-state index is -5.38.